The van der Waals surface area contributed by atoms with Gasteiger partial charge in [0.05, 0.1) is 81.4 Å². The molecule has 0 aliphatic carbocycles. The summed E-state index contributed by atoms with van der Waals surface area (Å²) in [6.07, 6.45) is 7.71. The molecule has 3 aliphatic rings. The molecule has 12 heteroatoms. The number of likely N-dealkylation sites (N-methyl/N-ethyl adjacent to an activating group) is 1. The van der Waals surface area contributed by atoms with E-state index in [0.717, 1.165) is 102 Å². The lowest BCUT2D eigenvalue weighted by Gasteiger charge is -2.46. The minimum Gasteiger partial charge on any atom is -0.493 e. The van der Waals surface area contributed by atoms with Crippen LogP contribution in [0.2, 0.25) is 0 Å². The second kappa shape index (κ2) is 18.1. The Morgan fingerprint density at radius 2 is 1.33 bits per heavy atom. The number of likely N-dealkylation sites (tertiary alicyclic amines) is 1. The van der Waals surface area contributed by atoms with Crippen LogP contribution in [0, 0.1) is 0 Å². The van der Waals surface area contributed by atoms with Crippen molar-refractivity contribution in [3.8, 4) is 34.5 Å². The molecule has 0 saturated carbocycles. The molecule has 1 saturated heterocycles. The standard InChI is InChI=1S/C43H56N2O10/c1-44(21-16-33-27-39(50-4)40(51-5)28-34(33)35(44)24-31-10-12-36(48-2)38(25-31)49-3)17-8-22-52-42(46)14-15-43(47)53-23-9-20-45(18-6-7-19-45)29-32-11-13-37-41(26-32)55-30-54-37/h10-15,25-28,35H,6-9,16-24,29-30H2,1-5H3/q+2. The first-order chi connectivity index (χ1) is 26.7. The topological polar surface area (TPSA) is 108 Å². The maximum atomic E-state index is 12.6. The number of esters is 2. The minimum atomic E-state index is -0.562. The van der Waals surface area contributed by atoms with Crippen LogP contribution in [-0.2, 0) is 38.4 Å². The SMILES string of the molecule is COc1ccc(CC2c3cc(OC)c(OC)cc3CC[N+]2(C)CCCOC(=O)C=CC(=O)OCCC[N+]2(Cc3ccc4c(c3)OCO4)CCCC2)cc1OC. The zero-order valence-electron chi connectivity index (χ0n) is 32.9. The number of carbonyl (C=O) groups excluding carboxylic acids is 2. The molecule has 1 fully saturated rings. The van der Waals surface area contributed by atoms with Gasteiger partial charge in [-0.25, -0.2) is 9.59 Å². The molecule has 3 aliphatic heterocycles. The van der Waals surface area contributed by atoms with E-state index in [0.29, 0.717) is 30.3 Å². The normalized spacial score (nSPS) is 19.5. The van der Waals surface area contributed by atoms with Gasteiger partial charge in [-0.15, -0.1) is 0 Å². The fourth-order valence-electron chi connectivity index (χ4n) is 8.46. The van der Waals surface area contributed by atoms with Crippen molar-refractivity contribution in [1.82, 2.24) is 0 Å². The Morgan fingerprint density at radius 1 is 0.709 bits per heavy atom. The van der Waals surface area contributed by atoms with E-state index in [9.17, 15) is 9.59 Å². The van der Waals surface area contributed by atoms with Crippen molar-refractivity contribution in [1.29, 1.82) is 0 Å². The average molecular weight is 761 g/mol. The first kappa shape index (κ1) is 39.7. The molecule has 6 rings (SSSR count). The third kappa shape index (κ3) is 9.66. The van der Waals surface area contributed by atoms with Crippen LogP contribution in [0.5, 0.6) is 34.5 Å². The smallest absolute Gasteiger partial charge is 0.331 e. The molecule has 0 radical (unpaired) electrons. The summed E-state index contributed by atoms with van der Waals surface area (Å²) in [5.74, 6) is 3.27. The summed E-state index contributed by atoms with van der Waals surface area (Å²) >= 11 is 0. The zero-order chi connectivity index (χ0) is 38.8. The molecule has 3 aromatic carbocycles. The molecule has 3 heterocycles. The van der Waals surface area contributed by atoms with Gasteiger partial charge >= 0.3 is 11.9 Å². The first-order valence-corrected chi connectivity index (χ1v) is 19.2. The van der Waals surface area contributed by atoms with E-state index >= 15 is 0 Å². The molecule has 296 valence electrons. The monoisotopic (exact) mass is 760 g/mol. The Hall–Kier alpha value is -4.94. The second-order valence-electron chi connectivity index (χ2n) is 14.9. The number of ether oxygens (including phenoxy) is 8. The number of carbonyl (C=O) groups is 2. The highest BCUT2D eigenvalue weighted by Gasteiger charge is 2.40. The van der Waals surface area contributed by atoms with Crippen LogP contribution in [0.1, 0.15) is 54.0 Å². The maximum Gasteiger partial charge on any atom is 0.331 e. The molecule has 12 nitrogen and oxygen atoms in total. The predicted octanol–water partition coefficient (Wildman–Crippen LogP) is 5.97. The van der Waals surface area contributed by atoms with E-state index < -0.39 is 11.9 Å². The Balaban J connectivity index is 0.988. The second-order valence-corrected chi connectivity index (χ2v) is 14.9. The summed E-state index contributed by atoms with van der Waals surface area (Å²) < 4.78 is 46.2. The Kier molecular flexibility index (Phi) is 13.1. The van der Waals surface area contributed by atoms with Crippen LogP contribution >= 0.6 is 0 Å². The number of benzene rings is 3. The lowest BCUT2D eigenvalue weighted by molar-refractivity contribution is -0.941. The number of hydrogen-bond acceptors (Lipinski definition) is 10. The number of rotatable bonds is 18. The van der Waals surface area contributed by atoms with E-state index in [1.54, 1.807) is 28.4 Å². The van der Waals surface area contributed by atoms with Gasteiger partial charge in [-0.2, -0.15) is 0 Å². The highest BCUT2D eigenvalue weighted by Crippen LogP contribution is 2.43. The average Bonchev–Trinajstić information content (AvgIpc) is 3.87. The van der Waals surface area contributed by atoms with Gasteiger partial charge in [0.15, 0.2) is 34.5 Å². The number of hydrogen-bond donors (Lipinski definition) is 0. The molecule has 0 N–H and O–H groups in total. The van der Waals surface area contributed by atoms with Crippen molar-refractivity contribution >= 4 is 11.9 Å². The van der Waals surface area contributed by atoms with E-state index in [-0.39, 0.29) is 19.4 Å². The van der Waals surface area contributed by atoms with Gasteiger partial charge in [0.2, 0.25) is 6.79 Å². The van der Waals surface area contributed by atoms with Crippen LogP contribution in [0.4, 0.5) is 0 Å². The summed E-state index contributed by atoms with van der Waals surface area (Å²) in [4.78, 5) is 25.1. The molecule has 2 atom stereocenters. The van der Waals surface area contributed by atoms with E-state index in [1.807, 2.05) is 18.2 Å². The fraction of sp³-hybridized carbons (Fsp3) is 0.488. The van der Waals surface area contributed by atoms with Crippen molar-refractivity contribution in [3.63, 3.8) is 0 Å². The van der Waals surface area contributed by atoms with Crippen molar-refractivity contribution in [2.75, 3.05) is 88.2 Å². The Labute approximate surface area is 324 Å². The molecule has 2 unspecified atom stereocenters. The summed E-state index contributed by atoms with van der Waals surface area (Å²) in [5, 5.41) is 0. The van der Waals surface area contributed by atoms with Crippen LogP contribution in [0.15, 0.2) is 60.7 Å². The number of methoxy groups -OCH3 is 4. The van der Waals surface area contributed by atoms with Crippen molar-refractivity contribution in [2.45, 2.75) is 51.1 Å². The van der Waals surface area contributed by atoms with Crippen LogP contribution < -0.4 is 28.4 Å². The third-order valence-corrected chi connectivity index (χ3v) is 11.4. The first-order valence-electron chi connectivity index (χ1n) is 19.2. The Bertz CT molecular complexity index is 1840. The summed E-state index contributed by atoms with van der Waals surface area (Å²) in [6, 6.07) is 16.5. The molecular weight excluding hydrogens is 704 g/mol. The maximum absolute atomic E-state index is 12.6. The lowest BCUT2D eigenvalue weighted by atomic mass is 9.86. The van der Waals surface area contributed by atoms with Crippen molar-refractivity contribution < 1.29 is 56.5 Å². The fourth-order valence-corrected chi connectivity index (χ4v) is 8.46. The van der Waals surface area contributed by atoms with Crippen LogP contribution in [0.25, 0.3) is 0 Å². The van der Waals surface area contributed by atoms with Crippen LogP contribution in [-0.4, -0.2) is 109 Å². The highest BCUT2D eigenvalue weighted by molar-refractivity contribution is 5.91. The highest BCUT2D eigenvalue weighted by atomic mass is 16.7. The lowest BCUT2D eigenvalue weighted by Crippen LogP contribution is -2.52. The van der Waals surface area contributed by atoms with Crippen LogP contribution in [0.3, 0.4) is 0 Å². The molecule has 0 amide bonds. The number of nitrogens with zero attached hydrogens (tertiary/aromatic N) is 2. The third-order valence-electron chi connectivity index (χ3n) is 11.4. The van der Waals surface area contributed by atoms with E-state index in [1.165, 1.54) is 29.5 Å². The molecule has 55 heavy (non-hydrogen) atoms. The van der Waals surface area contributed by atoms with Gasteiger partial charge in [0.1, 0.15) is 12.6 Å². The van der Waals surface area contributed by atoms with Gasteiger partial charge in [-0.1, -0.05) is 6.07 Å². The largest absolute Gasteiger partial charge is 0.493 e. The molecule has 0 bridgehead atoms. The Morgan fingerprint density at radius 3 is 2.02 bits per heavy atom. The van der Waals surface area contributed by atoms with Crippen molar-refractivity contribution in [3.05, 3.63) is 82.9 Å². The number of quaternary nitrogens is 2. The zero-order valence-corrected chi connectivity index (χ0v) is 32.9. The van der Waals surface area contributed by atoms with Crippen molar-refractivity contribution in [2.24, 2.45) is 0 Å². The molecule has 3 aromatic rings. The molecular formula is C43H56N2O10+2. The van der Waals surface area contributed by atoms with E-state index in [4.69, 9.17) is 37.9 Å². The summed E-state index contributed by atoms with van der Waals surface area (Å²) in [5.41, 5.74) is 4.79. The van der Waals surface area contributed by atoms with Gasteiger partial charge < -0.3 is 46.9 Å². The summed E-state index contributed by atoms with van der Waals surface area (Å²) in [6.45, 7) is 6.49. The molecule has 0 spiro atoms. The number of fused-ring (bicyclic) bond motifs is 2. The summed E-state index contributed by atoms with van der Waals surface area (Å²) in [7, 11) is 8.85. The van der Waals surface area contributed by atoms with Gasteiger partial charge in [-0.3, -0.25) is 0 Å². The quantitative estimate of drug-likeness (QED) is 0.0667. The van der Waals surface area contributed by atoms with Gasteiger partial charge in [0, 0.05) is 61.8 Å². The molecule has 0 aromatic heterocycles. The van der Waals surface area contributed by atoms with Gasteiger partial charge in [-0.05, 0) is 53.6 Å². The predicted molar refractivity (Wildman–Crippen MR) is 206 cm³/mol. The van der Waals surface area contributed by atoms with Gasteiger partial charge in [0.25, 0.3) is 0 Å². The van der Waals surface area contributed by atoms with E-state index in [2.05, 4.69) is 37.4 Å². The minimum absolute atomic E-state index is 0.0954.